The van der Waals surface area contributed by atoms with Gasteiger partial charge in [-0.25, -0.2) is 12.8 Å². The Morgan fingerprint density at radius 1 is 1.27 bits per heavy atom. The Morgan fingerprint density at radius 2 is 1.93 bits per heavy atom. The maximum Gasteiger partial charge on any atom is 0.501 e. The third-order valence-corrected chi connectivity index (χ3v) is 6.51. The largest absolute Gasteiger partial charge is 0.501 e. The van der Waals surface area contributed by atoms with Crippen LogP contribution in [0.1, 0.15) is 23.2 Å². The summed E-state index contributed by atoms with van der Waals surface area (Å²) in [6.07, 6.45) is 4.07. The van der Waals surface area contributed by atoms with E-state index >= 15 is 0 Å². The predicted octanol–water partition coefficient (Wildman–Crippen LogP) is 2.50. The Bertz CT molecular complexity index is 1030. The molecule has 7 nitrogen and oxygen atoms in total. The Labute approximate surface area is 170 Å². The third-order valence-electron chi connectivity index (χ3n) is 4.99. The second-order valence-corrected chi connectivity index (χ2v) is 9.01. The van der Waals surface area contributed by atoms with Crippen molar-refractivity contribution in [2.45, 2.75) is 23.2 Å². The van der Waals surface area contributed by atoms with Gasteiger partial charge in [0.05, 0.1) is 17.4 Å². The summed E-state index contributed by atoms with van der Waals surface area (Å²) < 4.78 is 77.8. The summed E-state index contributed by atoms with van der Waals surface area (Å²) in [4.78, 5) is 12.5. The first kappa shape index (κ1) is 22.1. The van der Waals surface area contributed by atoms with Crippen molar-refractivity contribution in [2.24, 2.45) is 13.0 Å². The van der Waals surface area contributed by atoms with E-state index < -0.39 is 26.1 Å². The second-order valence-electron chi connectivity index (χ2n) is 7.10. The minimum Gasteiger partial charge on any atom is -0.370 e. The number of amides is 1. The highest BCUT2D eigenvalue weighted by Gasteiger charge is 2.48. The molecule has 2 heterocycles. The van der Waals surface area contributed by atoms with Gasteiger partial charge in [-0.05, 0) is 37.0 Å². The summed E-state index contributed by atoms with van der Waals surface area (Å²) in [5, 5.41) is 6.72. The van der Waals surface area contributed by atoms with E-state index in [0.717, 1.165) is 12.1 Å². The van der Waals surface area contributed by atoms with Gasteiger partial charge in [0.1, 0.15) is 10.7 Å². The van der Waals surface area contributed by atoms with Gasteiger partial charge in [-0.2, -0.15) is 18.3 Å². The molecule has 1 aliphatic heterocycles. The average Bonchev–Trinajstić information content (AvgIpc) is 3.12. The van der Waals surface area contributed by atoms with Gasteiger partial charge in [-0.3, -0.25) is 9.48 Å². The number of carbonyl (C=O) groups is 1. The van der Waals surface area contributed by atoms with Gasteiger partial charge in [-0.1, -0.05) is 0 Å². The fourth-order valence-corrected chi connectivity index (χ4v) is 4.33. The lowest BCUT2D eigenvalue weighted by Crippen LogP contribution is -2.39. The summed E-state index contributed by atoms with van der Waals surface area (Å²) in [6, 6.07) is 2.39. The number of benzene rings is 1. The number of hydrogen-bond acceptors (Lipinski definition) is 5. The molecule has 12 heteroatoms. The van der Waals surface area contributed by atoms with Crippen molar-refractivity contribution in [1.29, 1.82) is 0 Å². The molecule has 0 radical (unpaired) electrons. The second kappa shape index (κ2) is 8.25. The minimum absolute atomic E-state index is 0.0741. The zero-order valence-corrected chi connectivity index (χ0v) is 16.8. The topological polar surface area (TPSA) is 84.3 Å². The standard InChI is InChI=1S/C18H20F4N4O3S/c1-25-11-13(10-24-25)17(27)23-9-12-4-6-26(7-5-12)15-3-2-14(19)8-16(15)30(28,29)18(20,21)22/h2-3,8,10-12H,4-7,9H2,1H3,(H,23,27). The SMILES string of the molecule is Cn1cc(C(=O)NCC2CCN(c3ccc(F)cc3S(=O)(=O)C(F)(F)F)CC2)cn1. The lowest BCUT2D eigenvalue weighted by molar-refractivity contribution is -0.0435. The summed E-state index contributed by atoms with van der Waals surface area (Å²) in [5.74, 6) is -1.26. The molecule has 2 aromatic rings. The van der Waals surface area contributed by atoms with Gasteiger partial charge >= 0.3 is 5.51 Å². The van der Waals surface area contributed by atoms with Crippen molar-refractivity contribution in [1.82, 2.24) is 15.1 Å². The van der Waals surface area contributed by atoms with Crippen LogP contribution in [0.4, 0.5) is 23.2 Å². The van der Waals surface area contributed by atoms with E-state index in [1.54, 1.807) is 13.2 Å². The Kier molecular flexibility index (Phi) is 6.06. The zero-order chi connectivity index (χ0) is 22.1. The fourth-order valence-electron chi connectivity index (χ4n) is 3.34. The van der Waals surface area contributed by atoms with Crippen LogP contribution in [0.2, 0.25) is 0 Å². The first-order valence-corrected chi connectivity index (χ1v) is 10.6. The van der Waals surface area contributed by atoms with Gasteiger partial charge in [0.25, 0.3) is 15.7 Å². The number of nitrogens with one attached hydrogen (secondary N) is 1. The highest BCUT2D eigenvalue weighted by atomic mass is 32.2. The molecule has 1 fully saturated rings. The van der Waals surface area contributed by atoms with Gasteiger partial charge in [0.15, 0.2) is 0 Å². The number of sulfone groups is 1. The predicted molar refractivity (Wildman–Crippen MR) is 100 cm³/mol. The smallest absolute Gasteiger partial charge is 0.370 e. The van der Waals surface area contributed by atoms with Gasteiger partial charge in [0, 0.05) is 32.9 Å². The molecule has 0 spiro atoms. The number of alkyl halides is 3. The van der Waals surface area contributed by atoms with Crippen LogP contribution in [0.3, 0.4) is 0 Å². The maximum atomic E-state index is 13.5. The fraction of sp³-hybridized carbons (Fsp3) is 0.444. The zero-order valence-electron chi connectivity index (χ0n) is 16.0. The van der Waals surface area contributed by atoms with Gasteiger partial charge < -0.3 is 10.2 Å². The molecule has 1 aromatic carbocycles. The Hall–Kier alpha value is -2.63. The van der Waals surface area contributed by atoms with E-state index in [4.69, 9.17) is 0 Å². The van der Waals surface area contributed by atoms with Crippen molar-refractivity contribution < 1.29 is 30.8 Å². The van der Waals surface area contributed by atoms with Crippen LogP contribution >= 0.6 is 0 Å². The highest BCUT2D eigenvalue weighted by molar-refractivity contribution is 7.92. The van der Waals surface area contributed by atoms with E-state index in [0.29, 0.717) is 31.0 Å². The van der Waals surface area contributed by atoms with Crippen molar-refractivity contribution in [2.75, 3.05) is 24.5 Å². The first-order valence-electron chi connectivity index (χ1n) is 9.11. The number of hydrogen-bond donors (Lipinski definition) is 1. The highest BCUT2D eigenvalue weighted by Crippen LogP contribution is 2.37. The molecule has 0 aliphatic carbocycles. The third kappa shape index (κ3) is 4.58. The summed E-state index contributed by atoms with van der Waals surface area (Å²) >= 11 is 0. The minimum atomic E-state index is -5.69. The molecule has 1 aliphatic rings. The van der Waals surface area contributed by atoms with E-state index in [1.807, 2.05) is 0 Å². The number of piperidine rings is 1. The van der Waals surface area contributed by atoms with Crippen molar-refractivity contribution in [3.63, 3.8) is 0 Å². The Morgan fingerprint density at radius 3 is 2.50 bits per heavy atom. The lowest BCUT2D eigenvalue weighted by atomic mass is 9.96. The molecule has 0 bridgehead atoms. The maximum absolute atomic E-state index is 13.5. The van der Waals surface area contributed by atoms with Crippen LogP contribution in [0.5, 0.6) is 0 Å². The number of rotatable bonds is 5. The number of nitrogens with zero attached hydrogens (tertiary/aromatic N) is 3. The quantitative estimate of drug-likeness (QED) is 0.711. The molecule has 1 N–H and O–H groups in total. The molecular weight excluding hydrogens is 428 g/mol. The van der Waals surface area contributed by atoms with E-state index in [2.05, 4.69) is 10.4 Å². The molecule has 30 heavy (non-hydrogen) atoms. The molecule has 0 saturated carbocycles. The van der Waals surface area contributed by atoms with Crippen LogP contribution in [-0.2, 0) is 16.9 Å². The molecule has 1 aromatic heterocycles. The number of aromatic nitrogens is 2. The van der Waals surface area contributed by atoms with Gasteiger partial charge in [-0.15, -0.1) is 0 Å². The van der Waals surface area contributed by atoms with E-state index in [-0.39, 0.29) is 30.6 Å². The molecule has 0 atom stereocenters. The molecule has 0 unspecified atom stereocenters. The summed E-state index contributed by atoms with van der Waals surface area (Å²) in [6.45, 7) is 0.928. The lowest BCUT2D eigenvalue weighted by Gasteiger charge is -2.34. The number of aryl methyl sites for hydroxylation is 1. The van der Waals surface area contributed by atoms with Crippen LogP contribution in [0, 0.1) is 11.7 Å². The van der Waals surface area contributed by atoms with Crippen LogP contribution in [-0.4, -0.2) is 49.2 Å². The van der Waals surface area contributed by atoms with Crippen LogP contribution in [0.15, 0.2) is 35.5 Å². The normalized spacial score (nSPS) is 16.0. The first-order chi connectivity index (χ1) is 14.0. The number of halogens is 4. The van der Waals surface area contributed by atoms with Crippen molar-refractivity contribution >= 4 is 21.4 Å². The Balaban J connectivity index is 1.66. The number of carbonyl (C=O) groups excluding carboxylic acids is 1. The molecule has 3 rings (SSSR count). The summed E-state index contributed by atoms with van der Waals surface area (Å²) in [7, 11) is -4.00. The van der Waals surface area contributed by atoms with Crippen LogP contribution < -0.4 is 10.2 Å². The van der Waals surface area contributed by atoms with Gasteiger partial charge in [0.2, 0.25) is 0 Å². The monoisotopic (exact) mass is 448 g/mol. The van der Waals surface area contributed by atoms with Crippen molar-refractivity contribution in [3.05, 3.63) is 42.0 Å². The number of anilines is 1. The molecular formula is C18H20F4N4O3S. The molecule has 1 amide bonds. The molecule has 164 valence electrons. The van der Waals surface area contributed by atoms with E-state index in [9.17, 15) is 30.8 Å². The van der Waals surface area contributed by atoms with Crippen molar-refractivity contribution in [3.8, 4) is 0 Å². The van der Waals surface area contributed by atoms with Crippen LogP contribution in [0.25, 0.3) is 0 Å². The van der Waals surface area contributed by atoms with E-state index in [1.165, 1.54) is 15.8 Å². The average molecular weight is 448 g/mol. The molecule has 1 saturated heterocycles. The summed E-state index contributed by atoms with van der Waals surface area (Å²) in [5.41, 5.74) is -5.28.